The molecule has 0 saturated heterocycles. The van der Waals surface area contributed by atoms with Gasteiger partial charge in [-0.25, -0.2) is 0 Å². The monoisotopic (exact) mass is 274 g/mol. The second kappa shape index (κ2) is 7.80. The highest BCUT2D eigenvalue weighted by atomic mass is 15.2. The third-order valence-electron chi connectivity index (χ3n) is 4.94. The molecule has 0 heterocycles. The Morgan fingerprint density at radius 2 is 1.80 bits per heavy atom. The van der Waals surface area contributed by atoms with Gasteiger partial charge in [-0.05, 0) is 37.2 Å². The second-order valence-electron chi connectivity index (χ2n) is 6.48. The summed E-state index contributed by atoms with van der Waals surface area (Å²) in [6.45, 7) is 4.42. The van der Waals surface area contributed by atoms with Gasteiger partial charge < -0.3 is 0 Å². The molecule has 1 aliphatic rings. The lowest BCUT2D eigenvalue weighted by molar-refractivity contribution is 0.213. The van der Waals surface area contributed by atoms with Crippen molar-refractivity contribution in [3.63, 3.8) is 0 Å². The molecule has 0 amide bonds. The van der Waals surface area contributed by atoms with Crippen molar-refractivity contribution < 1.29 is 0 Å². The topological polar surface area (TPSA) is 38.0 Å². The zero-order chi connectivity index (χ0) is 14.4. The Balaban J connectivity index is 1.91. The van der Waals surface area contributed by atoms with E-state index in [1.165, 1.54) is 56.1 Å². The van der Waals surface area contributed by atoms with Gasteiger partial charge in [0, 0.05) is 6.04 Å². The fourth-order valence-electron chi connectivity index (χ4n) is 3.58. The molecule has 0 spiro atoms. The van der Waals surface area contributed by atoms with Crippen LogP contribution in [0.4, 0.5) is 0 Å². The van der Waals surface area contributed by atoms with Gasteiger partial charge in [-0.1, -0.05) is 68.9 Å². The predicted octanol–water partition coefficient (Wildman–Crippen LogP) is 4.50. The Labute approximate surface area is 124 Å². The Morgan fingerprint density at radius 1 is 1.15 bits per heavy atom. The number of nitrogens with one attached hydrogen (secondary N) is 1. The van der Waals surface area contributed by atoms with Crippen LogP contribution in [0.5, 0.6) is 0 Å². The van der Waals surface area contributed by atoms with Crippen LogP contribution in [0.3, 0.4) is 0 Å². The molecule has 1 atom stereocenters. The highest BCUT2D eigenvalue weighted by Crippen LogP contribution is 2.38. The van der Waals surface area contributed by atoms with Gasteiger partial charge in [-0.2, -0.15) is 0 Å². The van der Waals surface area contributed by atoms with Crippen molar-refractivity contribution in [1.82, 2.24) is 5.43 Å². The molecule has 3 N–H and O–H groups in total. The molecule has 2 nitrogen and oxygen atoms in total. The molecule has 1 aromatic rings. The third kappa shape index (κ3) is 4.07. The van der Waals surface area contributed by atoms with Crippen LogP contribution in [0.25, 0.3) is 0 Å². The molecule has 1 saturated carbocycles. The van der Waals surface area contributed by atoms with E-state index in [1.807, 2.05) is 0 Å². The molecule has 20 heavy (non-hydrogen) atoms. The van der Waals surface area contributed by atoms with Crippen LogP contribution >= 0.6 is 0 Å². The van der Waals surface area contributed by atoms with Crippen LogP contribution in [-0.2, 0) is 0 Å². The van der Waals surface area contributed by atoms with Crippen LogP contribution in [-0.4, -0.2) is 0 Å². The van der Waals surface area contributed by atoms with Crippen molar-refractivity contribution >= 4 is 0 Å². The number of hydrogen-bond donors (Lipinski definition) is 2. The number of rotatable bonds is 6. The Kier molecular flexibility index (Phi) is 6.06. The molecule has 1 unspecified atom stereocenters. The number of aryl methyl sites for hydroxylation is 1. The van der Waals surface area contributed by atoms with Crippen molar-refractivity contribution in [2.45, 2.75) is 64.8 Å². The van der Waals surface area contributed by atoms with Gasteiger partial charge in [-0.3, -0.25) is 11.3 Å². The van der Waals surface area contributed by atoms with E-state index in [9.17, 15) is 0 Å². The molecule has 0 aliphatic heterocycles. The van der Waals surface area contributed by atoms with Gasteiger partial charge in [0.1, 0.15) is 0 Å². The van der Waals surface area contributed by atoms with Crippen LogP contribution < -0.4 is 11.3 Å². The van der Waals surface area contributed by atoms with E-state index < -0.39 is 0 Å². The first-order valence-corrected chi connectivity index (χ1v) is 8.27. The standard InChI is InChI=1S/C18H30N2/c1-3-4-5-15-8-12-17(13-9-15)18(20-19)16-10-6-14(2)7-11-16/h6-7,10-11,15,17-18,20H,3-5,8-9,12-13,19H2,1-2H3. The molecule has 2 rings (SSSR count). The first-order valence-electron chi connectivity index (χ1n) is 8.27. The van der Waals surface area contributed by atoms with E-state index in [4.69, 9.17) is 5.84 Å². The minimum Gasteiger partial charge on any atom is -0.271 e. The first-order chi connectivity index (χ1) is 9.74. The van der Waals surface area contributed by atoms with Gasteiger partial charge in [0.25, 0.3) is 0 Å². The number of hydrazine groups is 1. The van der Waals surface area contributed by atoms with Crippen molar-refractivity contribution in [2.75, 3.05) is 0 Å². The molecule has 0 radical (unpaired) electrons. The van der Waals surface area contributed by atoms with Crippen molar-refractivity contribution in [3.8, 4) is 0 Å². The SMILES string of the molecule is CCCCC1CCC(C(NN)c2ccc(C)cc2)CC1. The second-order valence-corrected chi connectivity index (χ2v) is 6.48. The molecule has 0 aromatic heterocycles. The number of benzene rings is 1. The van der Waals surface area contributed by atoms with E-state index in [2.05, 4.69) is 43.5 Å². The van der Waals surface area contributed by atoms with Crippen molar-refractivity contribution in [2.24, 2.45) is 17.7 Å². The summed E-state index contributed by atoms with van der Waals surface area (Å²) in [5.74, 6) is 7.49. The first kappa shape index (κ1) is 15.5. The fourth-order valence-corrected chi connectivity index (χ4v) is 3.58. The van der Waals surface area contributed by atoms with Crippen LogP contribution in [0, 0.1) is 18.8 Å². The Hall–Kier alpha value is -0.860. The highest BCUT2D eigenvalue weighted by Gasteiger charge is 2.27. The third-order valence-corrected chi connectivity index (χ3v) is 4.94. The average Bonchev–Trinajstić information content (AvgIpc) is 2.49. The van der Waals surface area contributed by atoms with E-state index in [1.54, 1.807) is 0 Å². The number of unbranched alkanes of at least 4 members (excludes halogenated alkanes) is 1. The largest absolute Gasteiger partial charge is 0.271 e. The quantitative estimate of drug-likeness (QED) is 0.592. The fraction of sp³-hybridized carbons (Fsp3) is 0.667. The van der Waals surface area contributed by atoms with E-state index in [0.29, 0.717) is 12.0 Å². The molecule has 112 valence electrons. The minimum atomic E-state index is 0.322. The maximum atomic E-state index is 5.84. The maximum absolute atomic E-state index is 5.84. The molecular weight excluding hydrogens is 244 g/mol. The van der Waals surface area contributed by atoms with E-state index in [0.717, 1.165) is 5.92 Å². The number of hydrogen-bond acceptors (Lipinski definition) is 2. The predicted molar refractivity (Wildman–Crippen MR) is 86.2 cm³/mol. The number of nitrogens with two attached hydrogens (primary N) is 1. The highest BCUT2D eigenvalue weighted by molar-refractivity contribution is 5.24. The molecule has 1 fully saturated rings. The van der Waals surface area contributed by atoms with Gasteiger partial charge in [-0.15, -0.1) is 0 Å². The van der Waals surface area contributed by atoms with E-state index in [-0.39, 0.29) is 0 Å². The summed E-state index contributed by atoms with van der Waals surface area (Å²) in [4.78, 5) is 0. The van der Waals surface area contributed by atoms with Crippen LogP contribution in [0.1, 0.15) is 69.0 Å². The molecule has 2 heteroatoms. The Morgan fingerprint density at radius 3 is 2.35 bits per heavy atom. The summed E-state index contributed by atoms with van der Waals surface area (Å²) in [5, 5.41) is 0. The van der Waals surface area contributed by atoms with Crippen LogP contribution in [0.15, 0.2) is 24.3 Å². The van der Waals surface area contributed by atoms with Crippen molar-refractivity contribution in [1.29, 1.82) is 0 Å². The van der Waals surface area contributed by atoms with E-state index >= 15 is 0 Å². The van der Waals surface area contributed by atoms with Crippen LogP contribution in [0.2, 0.25) is 0 Å². The van der Waals surface area contributed by atoms with Gasteiger partial charge in [0.05, 0.1) is 0 Å². The molecular formula is C18H30N2. The lowest BCUT2D eigenvalue weighted by atomic mass is 9.75. The summed E-state index contributed by atoms with van der Waals surface area (Å²) in [7, 11) is 0. The summed E-state index contributed by atoms with van der Waals surface area (Å²) in [5.41, 5.74) is 5.72. The summed E-state index contributed by atoms with van der Waals surface area (Å²) in [6.07, 6.45) is 9.55. The van der Waals surface area contributed by atoms with Gasteiger partial charge >= 0.3 is 0 Å². The normalized spacial score (nSPS) is 24.6. The Bertz CT molecular complexity index is 377. The van der Waals surface area contributed by atoms with Gasteiger partial charge in [0.2, 0.25) is 0 Å². The average molecular weight is 274 g/mol. The molecule has 1 aliphatic carbocycles. The molecule has 1 aromatic carbocycles. The smallest absolute Gasteiger partial charge is 0.0488 e. The van der Waals surface area contributed by atoms with Gasteiger partial charge in [0.15, 0.2) is 0 Å². The summed E-state index contributed by atoms with van der Waals surface area (Å²) < 4.78 is 0. The van der Waals surface area contributed by atoms with Crippen molar-refractivity contribution in [3.05, 3.63) is 35.4 Å². The zero-order valence-electron chi connectivity index (χ0n) is 13.1. The summed E-state index contributed by atoms with van der Waals surface area (Å²) in [6, 6.07) is 9.15. The lowest BCUT2D eigenvalue weighted by Gasteiger charge is -2.34. The maximum Gasteiger partial charge on any atom is 0.0488 e. The summed E-state index contributed by atoms with van der Waals surface area (Å²) >= 11 is 0. The molecule has 0 bridgehead atoms. The lowest BCUT2D eigenvalue weighted by Crippen LogP contribution is -2.35. The zero-order valence-corrected chi connectivity index (χ0v) is 13.1. The minimum absolute atomic E-state index is 0.322.